The van der Waals surface area contributed by atoms with Gasteiger partial charge in [0, 0.05) is 39.5 Å². The number of aromatic nitrogens is 4. The van der Waals surface area contributed by atoms with E-state index in [1.54, 1.807) is 0 Å². The normalized spacial score (nSPS) is 13.1. The van der Waals surface area contributed by atoms with Gasteiger partial charge in [0.15, 0.2) is 0 Å². The molecule has 46 heavy (non-hydrogen) atoms. The predicted molar refractivity (Wildman–Crippen MR) is 189 cm³/mol. The zero-order chi connectivity index (χ0) is 31.3. The van der Waals surface area contributed by atoms with Crippen LogP contribution in [0.25, 0.3) is 54.9 Å². The number of benzene rings is 4. The van der Waals surface area contributed by atoms with E-state index in [9.17, 15) is 0 Å². The van der Waals surface area contributed by atoms with Gasteiger partial charge in [0.1, 0.15) is 23.0 Å². The van der Waals surface area contributed by atoms with Gasteiger partial charge < -0.3 is 4.74 Å². The fourth-order valence-corrected chi connectivity index (χ4v) is 7.56. The third-order valence-electron chi connectivity index (χ3n) is 9.97. The molecule has 1 aliphatic heterocycles. The molecule has 1 aliphatic rings. The second-order valence-electron chi connectivity index (χ2n) is 13.5. The van der Waals surface area contributed by atoms with E-state index in [1.807, 2.05) is 6.20 Å². The zero-order valence-corrected chi connectivity index (χ0v) is 26.9. The first-order valence-corrected chi connectivity index (χ1v) is 16.4. The second kappa shape index (κ2) is 9.92. The van der Waals surface area contributed by atoms with E-state index in [2.05, 4.69) is 129 Å². The molecule has 8 aromatic rings. The van der Waals surface area contributed by atoms with Crippen LogP contribution < -0.4 is 4.74 Å². The van der Waals surface area contributed by atoms with E-state index in [4.69, 9.17) is 14.7 Å². The maximum absolute atomic E-state index is 6.67. The lowest BCUT2D eigenvalue weighted by atomic mass is 9.91. The number of para-hydroxylation sites is 1. The number of ether oxygens (including phenoxy) is 1. The molecule has 0 unspecified atom stereocenters. The molecule has 0 amide bonds. The quantitative estimate of drug-likeness (QED) is 0.185. The molecule has 5 heteroatoms. The predicted octanol–water partition coefficient (Wildman–Crippen LogP) is 10.6. The zero-order valence-electron chi connectivity index (χ0n) is 26.9. The van der Waals surface area contributed by atoms with Crippen molar-refractivity contribution in [2.24, 2.45) is 0 Å². The van der Waals surface area contributed by atoms with Crippen LogP contribution in [0.1, 0.15) is 67.6 Å². The summed E-state index contributed by atoms with van der Waals surface area (Å²) in [7, 11) is 0. The van der Waals surface area contributed by atoms with Crippen molar-refractivity contribution in [3.63, 3.8) is 0 Å². The van der Waals surface area contributed by atoms with E-state index in [1.165, 1.54) is 49.4 Å². The van der Waals surface area contributed by atoms with Crippen LogP contribution in [0, 0.1) is 6.92 Å². The molecule has 4 aromatic carbocycles. The molecule has 0 radical (unpaired) electrons. The molecule has 0 spiro atoms. The molecule has 0 bridgehead atoms. The van der Waals surface area contributed by atoms with Gasteiger partial charge in [0.25, 0.3) is 0 Å². The van der Waals surface area contributed by atoms with E-state index in [0.717, 1.165) is 57.9 Å². The van der Waals surface area contributed by atoms with Crippen LogP contribution >= 0.6 is 0 Å². The Kier molecular flexibility index (Phi) is 5.86. The van der Waals surface area contributed by atoms with Crippen molar-refractivity contribution < 1.29 is 4.74 Å². The average Bonchev–Trinajstić information content (AvgIpc) is 3.58. The van der Waals surface area contributed by atoms with Crippen LogP contribution in [0.2, 0.25) is 0 Å². The van der Waals surface area contributed by atoms with Gasteiger partial charge in [-0.1, -0.05) is 52.0 Å². The molecular weight excluding hydrogens is 564 g/mol. The summed E-state index contributed by atoms with van der Waals surface area (Å²) in [5.74, 6) is 3.39. The summed E-state index contributed by atoms with van der Waals surface area (Å²) in [5.41, 5.74) is 11.1. The van der Waals surface area contributed by atoms with Crippen LogP contribution in [0.5, 0.6) is 11.5 Å². The number of rotatable bonds is 5. The number of hydrogen-bond donors (Lipinski definition) is 0. The van der Waals surface area contributed by atoms with Gasteiger partial charge >= 0.3 is 0 Å². The fraction of sp³-hybridized carbons (Fsp3) is 0.220. The summed E-state index contributed by atoms with van der Waals surface area (Å²) in [6.45, 7) is 11.1. The molecule has 226 valence electrons. The van der Waals surface area contributed by atoms with Crippen molar-refractivity contribution in [2.45, 2.75) is 59.3 Å². The van der Waals surface area contributed by atoms with Crippen molar-refractivity contribution in [3.05, 3.63) is 119 Å². The van der Waals surface area contributed by atoms with Gasteiger partial charge in [-0.2, -0.15) is 0 Å². The van der Waals surface area contributed by atoms with Gasteiger partial charge in [0.2, 0.25) is 0 Å². The minimum Gasteiger partial charge on any atom is -0.457 e. The Labute approximate surface area is 268 Å². The van der Waals surface area contributed by atoms with Gasteiger partial charge in [-0.25, -0.2) is 9.97 Å². The highest BCUT2D eigenvalue weighted by atomic mass is 16.5. The van der Waals surface area contributed by atoms with E-state index < -0.39 is 0 Å². The molecular formula is C41H36N4O. The number of nitrogens with zero attached hydrogens (tertiary/aromatic N) is 4. The summed E-state index contributed by atoms with van der Waals surface area (Å²) < 4.78 is 11.4. The van der Waals surface area contributed by atoms with Crippen LogP contribution in [0.15, 0.2) is 91.1 Å². The van der Waals surface area contributed by atoms with E-state index in [0.29, 0.717) is 11.8 Å². The minimum absolute atomic E-state index is 0.415. The van der Waals surface area contributed by atoms with Crippen molar-refractivity contribution in [1.29, 1.82) is 0 Å². The molecule has 0 atom stereocenters. The van der Waals surface area contributed by atoms with Gasteiger partial charge in [-0.05, 0) is 108 Å². The first-order valence-electron chi connectivity index (χ1n) is 16.4. The summed E-state index contributed by atoms with van der Waals surface area (Å²) in [4.78, 5) is 9.94. The summed E-state index contributed by atoms with van der Waals surface area (Å²) in [5, 5.41) is 6.03. The Morgan fingerprint density at radius 2 is 1.43 bits per heavy atom. The van der Waals surface area contributed by atoms with Gasteiger partial charge in [0.05, 0.1) is 22.2 Å². The Balaban J connectivity index is 1.22. The summed E-state index contributed by atoms with van der Waals surface area (Å²) in [6, 6.07) is 30.6. The standard InChI is InChI=1S/C41H36N4O/c1-23(2)26-16-17-42-39(20-26)44-37-9-7-6-8-32(37)33-14-12-30(22-38(33)44)46-29-11-13-31-34-19-28(24(3)4)18-27-10-15-36-25(5)43-41(35(31)21-29)45(36)40(27)34/h6-9,11-14,16-24H,10,15H2,1-5H3. The fourth-order valence-electron chi connectivity index (χ4n) is 7.56. The number of imidazole rings is 1. The molecule has 0 N–H and O–H groups in total. The van der Waals surface area contributed by atoms with Crippen molar-refractivity contribution in [1.82, 2.24) is 18.9 Å². The Morgan fingerprint density at radius 3 is 2.26 bits per heavy atom. The van der Waals surface area contributed by atoms with Crippen molar-refractivity contribution in [2.75, 3.05) is 0 Å². The summed E-state index contributed by atoms with van der Waals surface area (Å²) >= 11 is 0. The van der Waals surface area contributed by atoms with Crippen LogP contribution in [0.3, 0.4) is 0 Å². The molecule has 0 saturated carbocycles. The average molecular weight is 601 g/mol. The molecule has 0 fully saturated rings. The highest BCUT2D eigenvalue weighted by Crippen LogP contribution is 2.40. The Bertz CT molecular complexity index is 2530. The first-order chi connectivity index (χ1) is 22.4. The third kappa shape index (κ3) is 3.94. The lowest BCUT2D eigenvalue weighted by Crippen LogP contribution is -2.09. The largest absolute Gasteiger partial charge is 0.457 e. The topological polar surface area (TPSA) is 44.3 Å². The lowest BCUT2D eigenvalue weighted by molar-refractivity contribution is 0.484. The van der Waals surface area contributed by atoms with Crippen molar-refractivity contribution >= 4 is 49.1 Å². The summed E-state index contributed by atoms with van der Waals surface area (Å²) in [6.07, 6.45) is 3.99. The highest BCUT2D eigenvalue weighted by molar-refractivity contribution is 6.13. The first kappa shape index (κ1) is 27.2. The maximum atomic E-state index is 6.67. The molecule has 9 rings (SSSR count). The highest BCUT2D eigenvalue weighted by Gasteiger charge is 2.23. The molecule has 5 nitrogen and oxygen atoms in total. The van der Waals surface area contributed by atoms with Gasteiger partial charge in [-0.3, -0.25) is 8.97 Å². The SMILES string of the molecule is Cc1nc2c3cc(Oc4ccc5c6ccccc6n(-c6cc(C(C)C)ccn6)c5c4)ccc3c3cc(C(C)C)cc4c3n2c1CC4. The smallest absolute Gasteiger partial charge is 0.145 e. The van der Waals surface area contributed by atoms with E-state index >= 15 is 0 Å². The van der Waals surface area contributed by atoms with Crippen molar-refractivity contribution in [3.8, 4) is 17.3 Å². The minimum atomic E-state index is 0.415. The van der Waals surface area contributed by atoms with E-state index in [-0.39, 0.29) is 0 Å². The molecule has 0 saturated heterocycles. The van der Waals surface area contributed by atoms with Crippen LogP contribution in [-0.4, -0.2) is 18.9 Å². The van der Waals surface area contributed by atoms with Crippen LogP contribution in [-0.2, 0) is 12.8 Å². The number of pyridine rings is 2. The van der Waals surface area contributed by atoms with Gasteiger partial charge in [-0.15, -0.1) is 0 Å². The maximum Gasteiger partial charge on any atom is 0.145 e. The van der Waals surface area contributed by atoms with Crippen LogP contribution in [0.4, 0.5) is 0 Å². The number of fused-ring (bicyclic) bond motifs is 6. The molecule has 4 aromatic heterocycles. The Morgan fingerprint density at radius 1 is 0.674 bits per heavy atom. The third-order valence-corrected chi connectivity index (χ3v) is 9.97. The molecule has 5 heterocycles. The molecule has 0 aliphatic carbocycles. The second-order valence-corrected chi connectivity index (χ2v) is 13.5. The lowest BCUT2D eigenvalue weighted by Gasteiger charge is -2.21. The number of hydrogen-bond acceptors (Lipinski definition) is 3. The Hall–Kier alpha value is -5.16. The monoisotopic (exact) mass is 600 g/mol. The number of aryl methyl sites for hydroxylation is 3.